The van der Waals surface area contributed by atoms with Crippen LogP contribution in [-0.2, 0) is 0 Å². The molecule has 0 unspecified atom stereocenters. The van der Waals surface area contributed by atoms with Crippen LogP contribution in [0.4, 0.5) is 10.4 Å². The molecule has 3 rings (SSSR count). The molecule has 116 valence electrons. The van der Waals surface area contributed by atoms with Crippen LogP contribution in [0.1, 0.15) is 18.9 Å². The Balaban J connectivity index is 1.83. The Hall–Kier alpha value is -2.62. The molecule has 5 nitrogen and oxygen atoms in total. The Morgan fingerprint density at radius 1 is 1.43 bits per heavy atom. The van der Waals surface area contributed by atoms with Crippen LogP contribution in [0.15, 0.2) is 28.7 Å². The molecule has 2 aromatic rings. The first-order chi connectivity index (χ1) is 11.2. The molecule has 0 bridgehead atoms. The number of hydrogen-bond acceptors (Lipinski definition) is 5. The van der Waals surface area contributed by atoms with E-state index in [9.17, 15) is 4.39 Å². The number of benzene rings is 1. The zero-order valence-electron chi connectivity index (χ0n) is 12.8. The summed E-state index contributed by atoms with van der Waals surface area (Å²) in [6, 6.07) is 5.25. The lowest BCUT2D eigenvalue weighted by Gasteiger charge is -2.15. The molecule has 23 heavy (non-hydrogen) atoms. The third-order valence-electron chi connectivity index (χ3n) is 3.91. The molecule has 0 aliphatic carbocycles. The molecule has 7 heteroatoms. The summed E-state index contributed by atoms with van der Waals surface area (Å²) >= 11 is 0. The molecule has 0 spiro atoms. The molecule has 0 amide bonds. The molecule has 1 aromatic heterocycles. The number of nitriles is 1. The zero-order valence-corrected chi connectivity index (χ0v) is 12.8. The summed E-state index contributed by atoms with van der Waals surface area (Å²) in [6.07, 6.45) is 4.15. The second-order valence-electron chi connectivity index (χ2n) is 5.47. The average Bonchev–Trinajstić information content (AvgIpc) is 3.04. The van der Waals surface area contributed by atoms with Gasteiger partial charge in [0.05, 0.1) is 0 Å². The van der Waals surface area contributed by atoms with Crippen LogP contribution >= 0.6 is 0 Å². The third-order valence-corrected chi connectivity index (χ3v) is 3.91. The minimum atomic E-state index is -0.313. The number of rotatable bonds is 4. The summed E-state index contributed by atoms with van der Waals surface area (Å²) in [5.41, 5.74) is 2.09. The monoisotopic (exact) mass is 310 g/mol. The van der Waals surface area contributed by atoms with Gasteiger partial charge >= 0.3 is 6.01 Å². The van der Waals surface area contributed by atoms with Gasteiger partial charge in [-0.05, 0) is 37.4 Å². The Bertz CT molecular complexity index is 781. The van der Waals surface area contributed by atoms with Crippen molar-refractivity contribution in [3.8, 4) is 17.4 Å². The van der Waals surface area contributed by atoms with Crippen LogP contribution in [0.3, 0.4) is 0 Å². The van der Waals surface area contributed by atoms with Crippen LogP contribution in [0.25, 0.3) is 17.0 Å². The second-order valence-corrected chi connectivity index (χ2v) is 5.47. The van der Waals surface area contributed by atoms with E-state index in [0.717, 1.165) is 18.3 Å². The van der Waals surface area contributed by atoms with E-state index in [1.54, 1.807) is 12.1 Å². The molecule has 0 radical (unpaired) electrons. The maximum absolute atomic E-state index is 14.4. The van der Waals surface area contributed by atoms with Crippen molar-refractivity contribution < 1.29 is 8.81 Å². The fourth-order valence-electron chi connectivity index (χ4n) is 2.67. The molecular formula is C16H16BFN4O. The van der Waals surface area contributed by atoms with Gasteiger partial charge < -0.3 is 9.73 Å². The van der Waals surface area contributed by atoms with Gasteiger partial charge in [-0.2, -0.15) is 0 Å². The van der Waals surface area contributed by atoms with E-state index in [1.165, 1.54) is 6.07 Å². The third kappa shape index (κ3) is 3.26. The number of nitrogens with zero attached hydrogens (tertiary/aromatic N) is 3. The summed E-state index contributed by atoms with van der Waals surface area (Å²) in [6.45, 7) is 2.64. The van der Waals surface area contributed by atoms with Gasteiger partial charge in [-0.15, -0.1) is 5.10 Å². The van der Waals surface area contributed by atoms with Crippen LogP contribution in [0.2, 0.25) is 12.6 Å². The molecule has 1 N–H and O–H groups in total. The van der Waals surface area contributed by atoms with Gasteiger partial charge in [0.15, 0.2) is 0 Å². The van der Waals surface area contributed by atoms with E-state index in [1.807, 2.05) is 13.0 Å². The molecule has 2 heterocycles. The quantitative estimate of drug-likeness (QED) is 0.872. The highest BCUT2D eigenvalue weighted by Gasteiger charge is 2.21. The van der Waals surface area contributed by atoms with Gasteiger partial charge in [-0.1, -0.05) is 23.6 Å². The summed E-state index contributed by atoms with van der Waals surface area (Å²) in [4.78, 5) is 0. The van der Waals surface area contributed by atoms with Gasteiger partial charge in [0, 0.05) is 23.6 Å². The summed E-state index contributed by atoms with van der Waals surface area (Å²) in [7, 11) is 0. The Morgan fingerprint density at radius 2 is 2.30 bits per heavy atom. The first kappa shape index (κ1) is 15.3. The summed E-state index contributed by atoms with van der Waals surface area (Å²) < 4.78 is 19.9. The number of nitrogens with one attached hydrogen (secondary N) is 1. The number of hydrogen-bond donors (Lipinski definition) is 1. The first-order valence-corrected chi connectivity index (χ1v) is 7.67. The van der Waals surface area contributed by atoms with Crippen molar-refractivity contribution >= 4 is 18.3 Å². The Labute approximate surface area is 134 Å². The van der Waals surface area contributed by atoms with Crippen molar-refractivity contribution in [2.24, 2.45) is 0 Å². The van der Waals surface area contributed by atoms with Gasteiger partial charge in [0.25, 0.3) is 6.71 Å². The predicted molar refractivity (Wildman–Crippen MR) is 87.4 cm³/mol. The van der Waals surface area contributed by atoms with E-state index in [2.05, 4.69) is 21.5 Å². The first-order valence-electron chi connectivity index (χ1n) is 7.67. The Kier molecular flexibility index (Phi) is 4.42. The molecular weight excluding hydrogens is 294 g/mol. The van der Waals surface area contributed by atoms with E-state index in [0.29, 0.717) is 30.0 Å². The van der Waals surface area contributed by atoms with Crippen molar-refractivity contribution in [2.45, 2.75) is 26.0 Å². The highest BCUT2D eigenvalue weighted by Crippen LogP contribution is 2.31. The molecule has 1 aliphatic heterocycles. The molecule has 0 atom stereocenters. The topological polar surface area (TPSA) is 74.7 Å². The van der Waals surface area contributed by atoms with E-state index in [-0.39, 0.29) is 18.4 Å². The standard InChI is InChI=1S/C16H16BFN4O/c1-2-20-16-22-21-15(23-16)12-3-4-13(14(18)9-12)11-5-7-17(10-19)8-6-11/h3-5,9H,2,6-8H2,1H3,(H,20,22). The number of halogens is 1. The van der Waals surface area contributed by atoms with Crippen molar-refractivity contribution in [3.05, 3.63) is 35.7 Å². The molecule has 1 aromatic carbocycles. The predicted octanol–water partition coefficient (Wildman–Crippen LogP) is 3.65. The van der Waals surface area contributed by atoms with Crippen LogP contribution in [0.5, 0.6) is 0 Å². The lowest BCUT2D eigenvalue weighted by molar-refractivity contribution is 0.579. The highest BCUT2D eigenvalue weighted by atomic mass is 19.1. The van der Waals surface area contributed by atoms with Gasteiger partial charge in [-0.3, -0.25) is 0 Å². The molecule has 1 aliphatic rings. The number of allylic oxidation sites excluding steroid dienone is 2. The molecule has 0 saturated heterocycles. The van der Waals surface area contributed by atoms with Crippen molar-refractivity contribution in [1.29, 1.82) is 5.26 Å². The van der Waals surface area contributed by atoms with Gasteiger partial charge in [0.2, 0.25) is 5.89 Å². The highest BCUT2D eigenvalue weighted by molar-refractivity contribution is 6.67. The number of aromatic nitrogens is 2. The largest absolute Gasteiger partial charge is 0.403 e. The molecule has 0 saturated carbocycles. The maximum Gasteiger partial charge on any atom is 0.315 e. The lowest BCUT2D eigenvalue weighted by Crippen LogP contribution is -2.12. The normalized spacial score (nSPS) is 14.3. The minimum absolute atomic E-state index is 0.0453. The minimum Gasteiger partial charge on any atom is -0.403 e. The van der Waals surface area contributed by atoms with Crippen LogP contribution in [0, 0.1) is 17.0 Å². The second kappa shape index (κ2) is 6.65. The van der Waals surface area contributed by atoms with Crippen LogP contribution in [-0.4, -0.2) is 23.5 Å². The fraction of sp³-hybridized carbons (Fsp3) is 0.312. The van der Waals surface area contributed by atoms with Crippen molar-refractivity contribution in [1.82, 2.24) is 10.2 Å². The average molecular weight is 310 g/mol. The number of anilines is 1. The summed E-state index contributed by atoms with van der Waals surface area (Å²) in [5.74, 6) is 2.23. The van der Waals surface area contributed by atoms with Crippen molar-refractivity contribution in [3.63, 3.8) is 0 Å². The SMILES string of the molecule is CCNc1nnc(-c2ccc(C3=CCB(C#N)CC3)c(F)c2)o1. The smallest absolute Gasteiger partial charge is 0.315 e. The zero-order chi connectivity index (χ0) is 16.2. The van der Waals surface area contributed by atoms with Gasteiger partial charge in [0.1, 0.15) is 5.82 Å². The maximum atomic E-state index is 14.4. The summed E-state index contributed by atoms with van der Waals surface area (Å²) in [5, 5.41) is 19.6. The van der Waals surface area contributed by atoms with Crippen LogP contribution < -0.4 is 5.32 Å². The molecule has 0 fully saturated rings. The van der Waals surface area contributed by atoms with Crippen molar-refractivity contribution in [2.75, 3.05) is 11.9 Å². The van der Waals surface area contributed by atoms with E-state index < -0.39 is 0 Å². The van der Waals surface area contributed by atoms with E-state index >= 15 is 0 Å². The Morgan fingerprint density at radius 3 is 2.96 bits per heavy atom. The van der Waals surface area contributed by atoms with Gasteiger partial charge in [-0.25, -0.2) is 9.65 Å². The van der Waals surface area contributed by atoms with E-state index in [4.69, 9.17) is 9.68 Å². The lowest BCUT2D eigenvalue weighted by atomic mass is 9.43. The fourth-order valence-corrected chi connectivity index (χ4v) is 2.67.